The third-order valence-electron chi connectivity index (χ3n) is 3.05. The second-order valence-corrected chi connectivity index (χ2v) is 5.21. The average molecular weight is 270 g/mol. The minimum absolute atomic E-state index is 0.0704. The van der Waals surface area contributed by atoms with Gasteiger partial charge in [0.25, 0.3) is 0 Å². The van der Waals surface area contributed by atoms with Gasteiger partial charge in [0.05, 0.1) is 6.42 Å². The fourth-order valence-electron chi connectivity index (χ4n) is 2.13. The lowest BCUT2D eigenvalue weighted by Crippen LogP contribution is -2.34. The number of hydrogen-bond acceptors (Lipinski definition) is 1. The van der Waals surface area contributed by atoms with Gasteiger partial charge in [-0.15, -0.1) is 0 Å². The van der Waals surface area contributed by atoms with Gasteiger partial charge in [-0.1, -0.05) is 18.5 Å². The summed E-state index contributed by atoms with van der Waals surface area (Å²) in [6, 6.07) is 4.68. The van der Waals surface area contributed by atoms with E-state index in [4.69, 9.17) is 11.6 Å². The molecule has 1 fully saturated rings. The zero-order chi connectivity index (χ0) is 13.1. The predicted octanol–water partition coefficient (Wildman–Crippen LogP) is 3.42. The van der Waals surface area contributed by atoms with Crippen LogP contribution in [-0.2, 0) is 11.2 Å². The first kappa shape index (κ1) is 13.3. The molecule has 1 aromatic carbocycles. The van der Waals surface area contributed by atoms with Crippen LogP contribution in [-0.4, -0.2) is 23.4 Å². The second kappa shape index (κ2) is 5.70. The Morgan fingerprint density at radius 1 is 1.44 bits per heavy atom. The van der Waals surface area contributed by atoms with Crippen LogP contribution in [0.3, 0.4) is 0 Å². The first-order chi connectivity index (χ1) is 8.60. The molecule has 0 unspecified atom stereocenters. The molecule has 0 aromatic heterocycles. The third-order valence-corrected chi connectivity index (χ3v) is 3.27. The van der Waals surface area contributed by atoms with Gasteiger partial charge in [-0.3, -0.25) is 4.79 Å². The summed E-state index contributed by atoms with van der Waals surface area (Å²) in [7, 11) is 0. The van der Waals surface area contributed by atoms with Crippen molar-refractivity contribution >= 4 is 17.5 Å². The monoisotopic (exact) mass is 269 g/mol. The van der Waals surface area contributed by atoms with Crippen LogP contribution in [0.2, 0.25) is 5.02 Å². The van der Waals surface area contributed by atoms with Gasteiger partial charge in [0.1, 0.15) is 5.82 Å². The topological polar surface area (TPSA) is 20.3 Å². The zero-order valence-electron chi connectivity index (χ0n) is 10.5. The highest BCUT2D eigenvalue weighted by Crippen LogP contribution is 2.27. The molecule has 1 amide bonds. The smallest absolute Gasteiger partial charge is 0.227 e. The normalized spacial score (nSPS) is 14.6. The van der Waals surface area contributed by atoms with Gasteiger partial charge < -0.3 is 4.90 Å². The molecule has 0 N–H and O–H groups in total. The van der Waals surface area contributed by atoms with E-state index in [9.17, 15) is 9.18 Å². The summed E-state index contributed by atoms with van der Waals surface area (Å²) in [4.78, 5) is 14.1. The summed E-state index contributed by atoms with van der Waals surface area (Å²) in [6.45, 7) is 2.84. The van der Waals surface area contributed by atoms with Crippen molar-refractivity contribution < 1.29 is 9.18 Å². The van der Waals surface area contributed by atoms with Gasteiger partial charge in [-0.2, -0.15) is 0 Å². The molecule has 98 valence electrons. The summed E-state index contributed by atoms with van der Waals surface area (Å²) < 4.78 is 13.2. The molecule has 1 aliphatic carbocycles. The van der Waals surface area contributed by atoms with Gasteiger partial charge in [0.15, 0.2) is 0 Å². The standard InChI is InChI=1S/C14H17ClFNO/c1-2-5-17(13-3-4-13)14(18)8-10-6-11(15)9-12(16)7-10/h6-7,9,13H,2-5,8H2,1H3. The molecule has 18 heavy (non-hydrogen) atoms. The summed E-state index contributed by atoms with van der Waals surface area (Å²) in [5, 5.41) is 0.339. The van der Waals surface area contributed by atoms with Gasteiger partial charge in [-0.05, 0) is 43.0 Å². The first-order valence-corrected chi connectivity index (χ1v) is 6.72. The van der Waals surface area contributed by atoms with E-state index >= 15 is 0 Å². The lowest BCUT2D eigenvalue weighted by atomic mass is 10.1. The number of halogens is 2. The molecular weight excluding hydrogens is 253 g/mol. The molecular formula is C14H17ClFNO. The van der Waals surface area contributed by atoms with Crippen molar-refractivity contribution in [3.8, 4) is 0 Å². The van der Waals surface area contributed by atoms with Crippen LogP contribution in [0.5, 0.6) is 0 Å². The van der Waals surface area contributed by atoms with Gasteiger partial charge in [0, 0.05) is 17.6 Å². The fourth-order valence-corrected chi connectivity index (χ4v) is 2.37. The molecule has 1 saturated carbocycles. The Morgan fingerprint density at radius 2 is 2.17 bits per heavy atom. The van der Waals surface area contributed by atoms with Crippen molar-refractivity contribution in [2.24, 2.45) is 0 Å². The number of benzene rings is 1. The molecule has 1 aliphatic rings. The summed E-state index contributed by atoms with van der Waals surface area (Å²) in [5.74, 6) is -0.320. The third kappa shape index (κ3) is 3.45. The molecule has 0 saturated heterocycles. The van der Waals surface area contributed by atoms with Gasteiger partial charge >= 0.3 is 0 Å². The van der Waals surface area contributed by atoms with E-state index in [-0.39, 0.29) is 12.3 Å². The molecule has 0 heterocycles. The van der Waals surface area contributed by atoms with Crippen molar-refractivity contribution in [3.05, 3.63) is 34.6 Å². The zero-order valence-corrected chi connectivity index (χ0v) is 11.2. The Morgan fingerprint density at radius 3 is 2.72 bits per heavy atom. The van der Waals surface area contributed by atoms with E-state index in [1.807, 2.05) is 4.90 Å². The Kier molecular flexibility index (Phi) is 4.23. The second-order valence-electron chi connectivity index (χ2n) is 4.77. The van der Waals surface area contributed by atoms with E-state index in [0.717, 1.165) is 25.8 Å². The van der Waals surface area contributed by atoms with Crippen molar-refractivity contribution in [1.29, 1.82) is 0 Å². The van der Waals surface area contributed by atoms with Crippen LogP contribution < -0.4 is 0 Å². The molecule has 0 spiro atoms. The highest BCUT2D eigenvalue weighted by molar-refractivity contribution is 6.30. The van der Waals surface area contributed by atoms with E-state index in [0.29, 0.717) is 16.6 Å². The van der Waals surface area contributed by atoms with Gasteiger partial charge in [-0.25, -0.2) is 4.39 Å². The Hall–Kier alpha value is -1.09. The Balaban J connectivity index is 2.04. The number of carbonyl (C=O) groups is 1. The van der Waals surface area contributed by atoms with E-state index < -0.39 is 5.82 Å². The van der Waals surface area contributed by atoms with Crippen LogP contribution in [0.25, 0.3) is 0 Å². The molecule has 0 atom stereocenters. The van der Waals surface area contributed by atoms with Crippen molar-refractivity contribution in [1.82, 2.24) is 4.90 Å². The highest BCUT2D eigenvalue weighted by atomic mass is 35.5. The summed E-state index contributed by atoms with van der Waals surface area (Å²) in [6.07, 6.45) is 3.37. The minimum Gasteiger partial charge on any atom is -0.339 e. The van der Waals surface area contributed by atoms with E-state index in [1.54, 1.807) is 6.07 Å². The fraction of sp³-hybridized carbons (Fsp3) is 0.500. The highest BCUT2D eigenvalue weighted by Gasteiger charge is 2.31. The quantitative estimate of drug-likeness (QED) is 0.802. The Labute approximate surface area is 112 Å². The Bertz CT molecular complexity index is 425. The molecule has 1 aromatic rings. The van der Waals surface area contributed by atoms with Crippen LogP contribution in [0.4, 0.5) is 4.39 Å². The van der Waals surface area contributed by atoms with Crippen LogP contribution in [0, 0.1) is 5.82 Å². The summed E-state index contributed by atoms with van der Waals surface area (Å²) in [5.41, 5.74) is 0.645. The lowest BCUT2D eigenvalue weighted by molar-refractivity contribution is -0.131. The molecule has 4 heteroatoms. The number of amides is 1. The van der Waals surface area contributed by atoms with Crippen LogP contribution in [0.15, 0.2) is 18.2 Å². The van der Waals surface area contributed by atoms with E-state index in [1.165, 1.54) is 12.1 Å². The van der Waals surface area contributed by atoms with Crippen LogP contribution >= 0.6 is 11.6 Å². The minimum atomic E-state index is -0.390. The maximum Gasteiger partial charge on any atom is 0.227 e. The van der Waals surface area contributed by atoms with Crippen molar-refractivity contribution in [2.45, 2.75) is 38.6 Å². The number of hydrogen-bond donors (Lipinski definition) is 0. The molecule has 0 radical (unpaired) electrons. The van der Waals surface area contributed by atoms with E-state index in [2.05, 4.69) is 6.92 Å². The maximum atomic E-state index is 13.2. The summed E-state index contributed by atoms with van der Waals surface area (Å²) >= 11 is 5.78. The first-order valence-electron chi connectivity index (χ1n) is 6.34. The van der Waals surface area contributed by atoms with Crippen molar-refractivity contribution in [2.75, 3.05) is 6.54 Å². The number of rotatable bonds is 5. The molecule has 0 aliphatic heterocycles. The molecule has 2 rings (SSSR count). The SMILES string of the molecule is CCCN(C(=O)Cc1cc(F)cc(Cl)c1)C1CC1. The van der Waals surface area contributed by atoms with Crippen molar-refractivity contribution in [3.63, 3.8) is 0 Å². The molecule has 2 nitrogen and oxygen atoms in total. The predicted molar refractivity (Wildman–Crippen MR) is 70.1 cm³/mol. The van der Waals surface area contributed by atoms with Crippen LogP contribution in [0.1, 0.15) is 31.7 Å². The van der Waals surface area contributed by atoms with Gasteiger partial charge in [0.2, 0.25) is 5.91 Å². The number of carbonyl (C=O) groups excluding carboxylic acids is 1. The lowest BCUT2D eigenvalue weighted by Gasteiger charge is -2.21. The number of nitrogens with zero attached hydrogens (tertiary/aromatic N) is 1. The molecule has 0 bridgehead atoms. The average Bonchev–Trinajstić information content (AvgIpc) is 3.07. The maximum absolute atomic E-state index is 13.2. The largest absolute Gasteiger partial charge is 0.339 e.